The first-order valence-electron chi connectivity index (χ1n) is 13.3. The van der Waals surface area contributed by atoms with Crippen molar-refractivity contribution in [1.82, 2.24) is 24.5 Å². The van der Waals surface area contributed by atoms with Gasteiger partial charge in [0.1, 0.15) is 29.8 Å². The van der Waals surface area contributed by atoms with Crippen molar-refractivity contribution in [2.75, 3.05) is 6.61 Å². The van der Waals surface area contributed by atoms with Crippen LogP contribution in [-0.2, 0) is 24.3 Å². The van der Waals surface area contributed by atoms with Crippen LogP contribution in [-0.4, -0.2) is 54.2 Å². The lowest BCUT2D eigenvalue weighted by Gasteiger charge is -2.27. The minimum Gasteiger partial charge on any atom is -0.478 e. The molecule has 218 valence electrons. The molecule has 1 aliphatic heterocycles. The molecule has 4 heterocycles. The number of rotatable bonds is 10. The average Bonchev–Trinajstić information content (AvgIpc) is 3.31. The van der Waals surface area contributed by atoms with Gasteiger partial charge in [-0.3, -0.25) is 9.78 Å². The Morgan fingerprint density at radius 1 is 1.07 bits per heavy atom. The van der Waals surface area contributed by atoms with Gasteiger partial charge in [0.15, 0.2) is 0 Å². The number of hydrogen-bond acceptors (Lipinski definition) is 8. The number of imidazole rings is 1. The lowest BCUT2D eigenvalue weighted by atomic mass is 10.0. The van der Waals surface area contributed by atoms with E-state index < -0.39 is 23.5 Å². The molecule has 0 aliphatic carbocycles. The first-order valence-corrected chi connectivity index (χ1v) is 13.3. The van der Waals surface area contributed by atoms with Crippen LogP contribution < -0.4 is 10.5 Å². The number of amides is 1. The molecular formula is C30H24F2N6O5. The lowest BCUT2D eigenvalue weighted by molar-refractivity contribution is -0.0589. The minimum absolute atomic E-state index is 0.0200. The topological polar surface area (TPSA) is 155 Å². The first kappa shape index (κ1) is 27.8. The molecule has 1 aliphatic rings. The molecule has 43 heavy (non-hydrogen) atoms. The van der Waals surface area contributed by atoms with Crippen molar-refractivity contribution in [2.24, 2.45) is 5.73 Å². The predicted molar refractivity (Wildman–Crippen MR) is 148 cm³/mol. The summed E-state index contributed by atoms with van der Waals surface area (Å²) in [5, 5.41) is 9.45. The van der Waals surface area contributed by atoms with Crippen molar-refractivity contribution < 1.29 is 33.0 Å². The molecular weight excluding hydrogens is 562 g/mol. The number of carboxylic acids is 1. The summed E-state index contributed by atoms with van der Waals surface area (Å²) < 4.78 is 43.8. The second-order valence-electron chi connectivity index (χ2n) is 9.96. The second-order valence-corrected chi connectivity index (χ2v) is 9.96. The number of carboxylic acid groups (broad SMARTS) is 1. The van der Waals surface area contributed by atoms with Gasteiger partial charge in [-0.15, -0.1) is 0 Å². The highest BCUT2D eigenvalue weighted by Gasteiger charge is 2.24. The number of halogens is 2. The largest absolute Gasteiger partial charge is 0.478 e. The number of benzene rings is 2. The maximum absolute atomic E-state index is 15.4. The maximum atomic E-state index is 15.4. The Morgan fingerprint density at radius 3 is 2.60 bits per heavy atom. The van der Waals surface area contributed by atoms with Crippen LogP contribution in [0.5, 0.6) is 6.01 Å². The number of aromatic carboxylic acids is 1. The summed E-state index contributed by atoms with van der Waals surface area (Å²) in [5.74, 6) is -2.64. The molecule has 0 radical (unpaired) electrons. The number of hydrogen-bond donors (Lipinski definition) is 2. The van der Waals surface area contributed by atoms with Gasteiger partial charge in [-0.05, 0) is 54.4 Å². The van der Waals surface area contributed by atoms with Crippen LogP contribution in [0.1, 0.15) is 44.2 Å². The number of pyridine rings is 1. The van der Waals surface area contributed by atoms with Gasteiger partial charge >= 0.3 is 12.0 Å². The third-order valence-corrected chi connectivity index (χ3v) is 7.09. The van der Waals surface area contributed by atoms with Crippen molar-refractivity contribution in [3.8, 4) is 17.3 Å². The van der Waals surface area contributed by atoms with E-state index in [0.29, 0.717) is 35.6 Å². The van der Waals surface area contributed by atoms with E-state index in [1.54, 1.807) is 12.1 Å². The van der Waals surface area contributed by atoms with E-state index in [1.165, 1.54) is 36.7 Å². The van der Waals surface area contributed by atoms with Crippen LogP contribution in [0.2, 0.25) is 0 Å². The molecule has 11 nitrogen and oxygen atoms in total. The van der Waals surface area contributed by atoms with Gasteiger partial charge in [0.05, 0.1) is 34.9 Å². The molecule has 2 aromatic carbocycles. The molecule has 1 amide bonds. The van der Waals surface area contributed by atoms with Crippen molar-refractivity contribution >= 4 is 22.9 Å². The standard InChI is InChI=1S/C30H24F2N6O5/c31-21-12-20(23-5-7-34-30(37-23)43-15-16-1-3-25(28(33)39)35-13-16)22(32)9-18(21)11-27-36-24-4-2-17(29(40)41)10-26(24)38(27)14-19-6-8-42-19/h1-5,7,9-10,12-13,19H,6,8,11,14-15H2,(H2,33,39)(H,40,41). The molecule has 1 atom stereocenters. The van der Waals surface area contributed by atoms with Crippen molar-refractivity contribution in [3.05, 3.63) is 101 Å². The van der Waals surface area contributed by atoms with Crippen LogP contribution in [0.15, 0.2) is 60.9 Å². The fourth-order valence-corrected chi connectivity index (χ4v) is 4.73. The Labute approximate surface area is 243 Å². The van der Waals surface area contributed by atoms with Crippen LogP contribution in [0, 0.1) is 11.6 Å². The van der Waals surface area contributed by atoms with Crippen LogP contribution in [0.4, 0.5) is 8.78 Å². The van der Waals surface area contributed by atoms with E-state index >= 15 is 8.78 Å². The summed E-state index contributed by atoms with van der Waals surface area (Å²) in [6.07, 6.45) is 3.52. The maximum Gasteiger partial charge on any atom is 0.335 e. The fourth-order valence-electron chi connectivity index (χ4n) is 4.73. The molecule has 5 aromatic rings. The number of nitrogens with two attached hydrogens (primary N) is 1. The number of primary amides is 1. The molecule has 6 rings (SSSR count). The Morgan fingerprint density at radius 2 is 1.91 bits per heavy atom. The van der Waals surface area contributed by atoms with Gasteiger partial charge in [-0.25, -0.2) is 23.5 Å². The molecule has 3 N–H and O–H groups in total. The van der Waals surface area contributed by atoms with E-state index in [0.717, 1.165) is 18.6 Å². The molecule has 1 fully saturated rings. The monoisotopic (exact) mass is 586 g/mol. The number of carbonyl (C=O) groups excluding carboxylic acids is 1. The Balaban J connectivity index is 1.24. The number of ether oxygens (including phenoxy) is 2. The SMILES string of the molecule is NC(=O)c1ccc(COc2nccc(-c3cc(F)c(Cc4nc5ccc(C(=O)O)cc5n4CC4CCO4)cc3F)n2)cn1. The quantitative estimate of drug-likeness (QED) is 0.248. The zero-order valence-electron chi connectivity index (χ0n) is 22.5. The normalized spacial score (nSPS) is 14.4. The average molecular weight is 587 g/mol. The van der Waals surface area contributed by atoms with Crippen LogP contribution in [0.25, 0.3) is 22.3 Å². The lowest BCUT2D eigenvalue weighted by Crippen LogP contribution is -2.31. The molecule has 13 heteroatoms. The Kier molecular flexibility index (Phi) is 7.47. The summed E-state index contributed by atoms with van der Waals surface area (Å²) in [6, 6.07) is 11.2. The zero-order valence-corrected chi connectivity index (χ0v) is 22.5. The van der Waals surface area contributed by atoms with Gasteiger partial charge in [-0.2, -0.15) is 4.98 Å². The molecule has 0 saturated carbocycles. The van der Waals surface area contributed by atoms with E-state index in [2.05, 4.69) is 19.9 Å². The Bertz CT molecular complexity index is 1860. The molecule has 0 spiro atoms. The summed E-state index contributed by atoms with van der Waals surface area (Å²) in [5.41, 5.74) is 7.26. The van der Waals surface area contributed by atoms with Gasteiger partial charge in [0.2, 0.25) is 0 Å². The second kappa shape index (κ2) is 11.5. The first-order chi connectivity index (χ1) is 20.7. The van der Waals surface area contributed by atoms with Crippen molar-refractivity contribution in [1.29, 1.82) is 0 Å². The molecule has 1 saturated heterocycles. The highest BCUT2D eigenvalue weighted by atomic mass is 19.1. The third-order valence-electron chi connectivity index (χ3n) is 7.09. The Hall–Kier alpha value is -5.30. The summed E-state index contributed by atoms with van der Waals surface area (Å²) in [4.78, 5) is 39.5. The number of aromatic nitrogens is 5. The fraction of sp³-hybridized carbons (Fsp3) is 0.200. The highest BCUT2D eigenvalue weighted by Crippen LogP contribution is 2.28. The van der Waals surface area contributed by atoms with Crippen LogP contribution >= 0.6 is 0 Å². The molecule has 0 bridgehead atoms. The van der Waals surface area contributed by atoms with Crippen LogP contribution in [0.3, 0.4) is 0 Å². The van der Waals surface area contributed by atoms with E-state index in [1.807, 2.05) is 4.57 Å². The molecule has 3 aromatic heterocycles. The van der Waals surface area contributed by atoms with Gasteiger partial charge in [0.25, 0.3) is 5.91 Å². The van der Waals surface area contributed by atoms with E-state index in [-0.39, 0.29) is 53.2 Å². The number of carbonyl (C=O) groups is 2. The van der Waals surface area contributed by atoms with Crippen molar-refractivity contribution in [3.63, 3.8) is 0 Å². The van der Waals surface area contributed by atoms with E-state index in [4.69, 9.17) is 15.2 Å². The summed E-state index contributed by atoms with van der Waals surface area (Å²) in [7, 11) is 0. The predicted octanol–water partition coefficient (Wildman–Crippen LogP) is 3.92. The zero-order chi connectivity index (χ0) is 30.1. The highest BCUT2D eigenvalue weighted by molar-refractivity contribution is 5.92. The van der Waals surface area contributed by atoms with E-state index in [9.17, 15) is 14.7 Å². The van der Waals surface area contributed by atoms with Gasteiger partial charge in [-0.1, -0.05) is 6.07 Å². The third kappa shape index (κ3) is 5.88. The smallest absolute Gasteiger partial charge is 0.335 e. The summed E-state index contributed by atoms with van der Waals surface area (Å²) >= 11 is 0. The number of fused-ring (bicyclic) bond motifs is 1. The van der Waals surface area contributed by atoms with Crippen molar-refractivity contribution in [2.45, 2.75) is 32.1 Å². The van der Waals surface area contributed by atoms with Gasteiger partial charge in [0, 0.05) is 36.5 Å². The summed E-state index contributed by atoms with van der Waals surface area (Å²) in [6.45, 7) is 1.06. The minimum atomic E-state index is -1.08. The number of nitrogens with zero attached hydrogens (tertiary/aromatic N) is 5. The van der Waals surface area contributed by atoms with Gasteiger partial charge < -0.3 is 24.9 Å². The molecule has 1 unspecified atom stereocenters.